The van der Waals surface area contributed by atoms with Gasteiger partial charge in [-0.15, -0.1) is 0 Å². The van der Waals surface area contributed by atoms with E-state index in [9.17, 15) is 0 Å². The van der Waals surface area contributed by atoms with Crippen LogP contribution >= 0.6 is 23.2 Å². The molecular formula is C12H17Cl2N3. The highest BCUT2D eigenvalue weighted by Crippen LogP contribution is 2.22. The number of rotatable bonds is 4. The molecule has 0 atom stereocenters. The normalized spacial score (nSPS) is 11.4. The summed E-state index contributed by atoms with van der Waals surface area (Å²) in [5, 5.41) is 7.38. The average molecular weight is 274 g/mol. The highest BCUT2D eigenvalue weighted by molar-refractivity contribution is 6.42. The third-order valence-electron chi connectivity index (χ3n) is 2.38. The molecule has 2 N–H and O–H groups in total. The van der Waals surface area contributed by atoms with E-state index in [2.05, 4.69) is 15.6 Å². The number of nitrogens with one attached hydrogen (secondary N) is 2. The fourth-order valence-electron chi connectivity index (χ4n) is 1.47. The standard InChI is InChI=1S/C12H17Cl2N3/c1-15-12(16-2)17-7-3-4-9-5-6-10(13)11(14)8-9/h5-6,8H,3-4,7H2,1-2H3,(H2,15,16,17). The van der Waals surface area contributed by atoms with Crippen molar-refractivity contribution < 1.29 is 0 Å². The minimum absolute atomic E-state index is 0.601. The van der Waals surface area contributed by atoms with E-state index >= 15 is 0 Å². The predicted octanol–water partition coefficient (Wildman–Crippen LogP) is 2.72. The Morgan fingerprint density at radius 3 is 2.65 bits per heavy atom. The molecule has 0 saturated heterocycles. The molecule has 0 spiro atoms. The Hall–Kier alpha value is -0.930. The first-order valence-electron chi connectivity index (χ1n) is 5.49. The molecule has 3 nitrogen and oxygen atoms in total. The van der Waals surface area contributed by atoms with Crippen molar-refractivity contribution in [2.45, 2.75) is 12.8 Å². The molecule has 0 aliphatic rings. The number of halogens is 2. The lowest BCUT2D eigenvalue weighted by molar-refractivity contribution is 0.758. The van der Waals surface area contributed by atoms with Crippen molar-refractivity contribution in [3.63, 3.8) is 0 Å². The summed E-state index contributed by atoms with van der Waals surface area (Å²) in [4.78, 5) is 4.03. The number of benzene rings is 1. The summed E-state index contributed by atoms with van der Waals surface area (Å²) in [6.07, 6.45) is 1.98. The van der Waals surface area contributed by atoms with Gasteiger partial charge in [-0.2, -0.15) is 0 Å². The summed E-state index contributed by atoms with van der Waals surface area (Å²) < 4.78 is 0. The van der Waals surface area contributed by atoms with Crippen LogP contribution in [0.4, 0.5) is 0 Å². The quantitative estimate of drug-likeness (QED) is 0.503. The maximum atomic E-state index is 5.95. The second-order valence-corrected chi connectivity index (χ2v) is 4.42. The van der Waals surface area contributed by atoms with Gasteiger partial charge in [0.1, 0.15) is 0 Å². The number of nitrogens with zero attached hydrogens (tertiary/aromatic N) is 1. The Morgan fingerprint density at radius 1 is 1.29 bits per heavy atom. The summed E-state index contributed by atoms with van der Waals surface area (Å²) in [5.74, 6) is 0.805. The van der Waals surface area contributed by atoms with Gasteiger partial charge in [0.25, 0.3) is 0 Å². The minimum atomic E-state index is 0.601. The maximum absolute atomic E-state index is 5.95. The summed E-state index contributed by atoms with van der Waals surface area (Å²) in [6, 6.07) is 5.75. The molecule has 1 aromatic rings. The zero-order chi connectivity index (χ0) is 12.7. The van der Waals surface area contributed by atoms with Crippen LogP contribution in [0.3, 0.4) is 0 Å². The van der Waals surface area contributed by atoms with Crippen molar-refractivity contribution in [3.05, 3.63) is 33.8 Å². The number of aryl methyl sites for hydroxylation is 1. The smallest absolute Gasteiger partial charge is 0.190 e. The summed E-state index contributed by atoms with van der Waals surface area (Å²) in [7, 11) is 3.59. The fraction of sp³-hybridized carbons (Fsp3) is 0.417. The first-order chi connectivity index (χ1) is 8.17. The van der Waals surface area contributed by atoms with Crippen molar-refractivity contribution in [2.75, 3.05) is 20.6 Å². The molecule has 0 aromatic heterocycles. The summed E-state index contributed by atoms with van der Waals surface area (Å²) >= 11 is 11.8. The van der Waals surface area contributed by atoms with Crippen LogP contribution in [0.1, 0.15) is 12.0 Å². The van der Waals surface area contributed by atoms with E-state index in [-0.39, 0.29) is 0 Å². The number of hydrogen-bond donors (Lipinski definition) is 2. The van der Waals surface area contributed by atoms with Gasteiger partial charge in [-0.05, 0) is 30.5 Å². The highest BCUT2D eigenvalue weighted by Gasteiger charge is 1.99. The molecule has 1 aromatic carbocycles. The minimum Gasteiger partial charge on any atom is -0.359 e. The second-order valence-electron chi connectivity index (χ2n) is 3.60. The van der Waals surface area contributed by atoms with Crippen LogP contribution in [-0.4, -0.2) is 26.6 Å². The predicted molar refractivity (Wildman–Crippen MR) is 75.2 cm³/mol. The Morgan fingerprint density at radius 2 is 2.06 bits per heavy atom. The molecule has 0 saturated carbocycles. The lowest BCUT2D eigenvalue weighted by Gasteiger charge is -2.08. The van der Waals surface area contributed by atoms with E-state index in [0.29, 0.717) is 10.0 Å². The third kappa shape index (κ3) is 4.84. The topological polar surface area (TPSA) is 36.4 Å². The van der Waals surface area contributed by atoms with Gasteiger partial charge in [0.2, 0.25) is 0 Å². The molecular weight excluding hydrogens is 257 g/mol. The maximum Gasteiger partial charge on any atom is 0.190 e. The third-order valence-corrected chi connectivity index (χ3v) is 3.12. The molecule has 0 unspecified atom stereocenters. The van der Waals surface area contributed by atoms with Crippen LogP contribution in [0, 0.1) is 0 Å². The monoisotopic (exact) mass is 273 g/mol. The molecule has 0 radical (unpaired) electrons. The van der Waals surface area contributed by atoms with Crippen molar-refractivity contribution in [3.8, 4) is 0 Å². The van der Waals surface area contributed by atoms with Crippen LogP contribution in [-0.2, 0) is 6.42 Å². The Bertz CT molecular complexity index is 391. The molecule has 0 heterocycles. The van der Waals surface area contributed by atoms with Crippen molar-refractivity contribution in [1.82, 2.24) is 10.6 Å². The van der Waals surface area contributed by atoms with Crippen LogP contribution in [0.25, 0.3) is 0 Å². The Labute approximate surface area is 112 Å². The zero-order valence-corrected chi connectivity index (χ0v) is 11.6. The Balaban J connectivity index is 2.33. The van der Waals surface area contributed by atoms with Crippen molar-refractivity contribution in [2.24, 2.45) is 4.99 Å². The van der Waals surface area contributed by atoms with Gasteiger partial charge in [-0.25, -0.2) is 0 Å². The first-order valence-corrected chi connectivity index (χ1v) is 6.25. The van der Waals surface area contributed by atoms with Gasteiger partial charge in [0.05, 0.1) is 10.0 Å². The lowest BCUT2D eigenvalue weighted by atomic mass is 10.1. The van der Waals surface area contributed by atoms with E-state index in [4.69, 9.17) is 23.2 Å². The molecule has 0 aliphatic heterocycles. The molecule has 17 heavy (non-hydrogen) atoms. The SMILES string of the molecule is CN=C(NC)NCCCc1ccc(Cl)c(Cl)c1. The number of hydrogen-bond acceptors (Lipinski definition) is 1. The highest BCUT2D eigenvalue weighted by atomic mass is 35.5. The fourth-order valence-corrected chi connectivity index (χ4v) is 1.79. The molecule has 0 bridgehead atoms. The van der Waals surface area contributed by atoms with Crippen LogP contribution in [0.15, 0.2) is 23.2 Å². The second kappa shape index (κ2) is 7.41. The van der Waals surface area contributed by atoms with E-state index in [1.807, 2.05) is 25.2 Å². The first kappa shape index (κ1) is 14.1. The Kier molecular flexibility index (Phi) is 6.16. The van der Waals surface area contributed by atoms with E-state index in [0.717, 1.165) is 25.3 Å². The lowest BCUT2D eigenvalue weighted by Crippen LogP contribution is -2.35. The van der Waals surface area contributed by atoms with Crippen LogP contribution in [0.2, 0.25) is 10.0 Å². The van der Waals surface area contributed by atoms with Gasteiger partial charge in [0, 0.05) is 20.6 Å². The van der Waals surface area contributed by atoms with E-state index in [1.165, 1.54) is 5.56 Å². The van der Waals surface area contributed by atoms with Gasteiger partial charge >= 0.3 is 0 Å². The molecule has 94 valence electrons. The largest absolute Gasteiger partial charge is 0.359 e. The van der Waals surface area contributed by atoms with Gasteiger partial charge in [-0.3, -0.25) is 4.99 Å². The zero-order valence-electron chi connectivity index (χ0n) is 10.1. The molecule has 0 fully saturated rings. The van der Waals surface area contributed by atoms with Crippen molar-refractivity contribution in [1.29, 1.82) is 0 Å². The molecule has 5 heteroatoms. The van der Waals surface area contributed by atoms with E-state index in [1.54, 1.807) is 7.05 Å². The van der Waals surface area contributed by atoms with Crippen LogP contribution in [0.5, 0.6) is 0 Å². The summed E-state index contributed by atoms with van der Waals surface area (Å²) in [6.45, 7) is 0.869. The summed E-state index contributed by atoms with van der Waals surface area (Å²) in [5.41, 5.74) is 1.20. The molecule has 0 aliphatic carbocycles. The molecule has 0 amide bonds. The average Bonchev–Trinajstić information content (AvgIpc) is 2.34. The number of aliphatic imine (C=N–C) groups is 1. The van der Waals surface area contributed by atoms with Gasteiger partial charge < -0.3 is 10.6 Å². The number of guanidine groups is 1. The van der Waals surface area contributed by atoms with E-state index < -0.39 is 0 Å². The van der Waals surface area contributed by atoms with Crippen molar-refractivity contribution >= 4 is 29.2 Å². The van der Waals surface area contributed by atoms with Gasteiger partial charge in [0.15, 0.2) is 5.96 Å². The van der Waals surface area contributed by atoms with Gasteiger partial charge in [-0.1, -0.05) is 29.3 Å². The molecule has 1 rings (SSSR count). The van der Waals surface area contributed by atoms with Crippen LogP contribution < -0.4 is 10.6 Å².